The molecule has 0 unspecified atom stereocenters. The average Bonchev–Trinajstić information content (AvgIpc) is 2.25. The third kappa shape index (κ3) is 5.40. The highest BCUT2D eigenvalue weighted by Gasteiger charge is 2.14. The van der Waals surface area contributed by atoms with E-state index < -0.39 is 5.91 Å². The first kappa shape index (κ1) is 12.0. The summed E-state index contributed by atoms with van der Waals surface area (Å²) >= 11 is 0. The van der Waals surface area contributed by atoms with Gasteiger partial charge in [0.2, 0.25) is 11.8 Å². The van der Waals surface area contributed by atoms with Crippen LogP contribution in [0.1, 0.15) is 44.9 Å². The van der Waals surface area contributed by atoms with Crippen LogP contribution in [-0.2, 0) is 9.59 Å². The molecule has 1 fully saturated rings. The zero-order valence-corrected chi connectivity index (χ0v) is 9.13. The Bertz CT molecular complexity index is 223. The molecule has 86 valence electrons. The van der Waals surface area contributed by atoms with Crippen molar-refractivity contribution in [3.63, 3.8) is 0 Å². The first-order valence-electron chi connectivity index (χ1n) is 5.73. The first-order chi connectivity index (χ1) is 7.18. The molecule has 0 heterocycles. The van der Waals surface area contributed by atoms with Gasteiger partial charge in [0.1, 0.15) is 0 Å². The summed E-state index contributed by atoms with van der Waals surface area (Å²) in [5.41, 5.74) is 4.93. The standard InChI is InChI=1S/C11H20N2O2/c12-10(14)8-13-11(15)7-6-9-4-2-1-3-5-9/h9H,1-8H2,(H2,12,14)(H,13,15). The zero-order chi connectivity index (χ0) is 11.1. The van der Waals surface area contributed by atoms with Crippen LogP contribution in [0.3, 0.4) is 0 Å². The molecule has 1 saturated carbocycles. The summed E-state index contributed by atoms with van der Waals surface area (Å²) in [5, 5.41) is 2.51. The van der Waals surface area contributed by atoms with Gasteiger partial charge in [-0.15, -0.1) is 0 Å². The van der Waals surface area contributed by atoms with Crippen molar-refractivity contribution in [2.24, 2.45) is 11.7 Å². The third-order valence-corrected chi connectivity index (χ3v) is 2.96. The molecule has 0 bridgehead atoms. The fourth-order valence-corrected chi connectivity index (χ4v) is 2.09. The second-order valence-electron chi connectivity index (χ2n) is 4.29. The van der Waals surface area contributed by atoms with Crippen molar-refractivity contribution in [2.45, 2.75) is 44.9 Å². The van der Waals surface area contributed by atoms with Gasteiger partial charge in [0.05, 0.1) is 6.54 Å². The summed E-state index contributed by atoms with van der Waals surface area (Å²) in [6, 6.07) is 0. The fraction of sp³-hybridized carbons (Fsp3) is 0.818. The smallest absolute Gasteiger partial charge is 0.236 e. The van der Waals surface area contributed by atoms with Gasteiger partial charge in [0, 0.05) is 6.42 Å². The lowest BCUT2D eigenvalue weighted by molar-refractivity contribution is -0.125. The summed E-state index contributed by atoms with van der Waals surface area (Å²) in [6.07, 6.45) is 7.92. The van der Waals surface area contributed by atoms with Crippen LogP contribution < -0.4 is 11.1 Å². The minimum atomic E-state index is -0.485. The zero-order valence-electron chi connectivity index (χ0n) is 9.13. The molecule has 4 heteroatoms. The minimum absolute atomic E-state index is 0.0382. The number of rotatable bonds is 5. The molecular weight excluding hydrogens is 192 g/mol. The topological polar surface area (TPSA) is 72.2 Å². The Labute approximate surface area is 90.6 Å². The Morgan fingerprint density at radius 1 is 1.20 bits per heavy atom. The largest absolute Gasteiger partial charge is 0.368 e. The maximum absolute atomic E-state index is 11.3. The van der Waals surface area contributed by atoms with Crippen LogP contribution in [0.4, 0.5) is 0 Å². The summed E-state index contributed by atoms with van der Waals surface area (Å²) in [4.78, 5) is 21.7. The summed E-state index contributed by atoms with van der Waals surface area (Å²) in [6.45, 7) is -0.0382. The molecule has 0 aromatic carbocycles. The molecule has 0 atom stereocenters. The summed E-state index contributed by atoms with van der Waals surface area (Å²) in [5.74, 6) is 0.165. The van der Waals surface area contributed by atoms with E-state index in [1.54, 1.807) is 0 Å². The van der Waals surface area contributed by atoms with Crippen LogP contribution in [0.15, 0.2) is 0 Å². The van der Waals surface area contributed by atoms with Crippen LogP contribution in [0, 0.1) is 5.92 Å². The molecule has 0 radical (unpaired) electrons. The van der Waals surface area contributed by atoms with E-state index in [1.165, 1.54) is 32.1 Å². The van der Waals surface area contributed by atoms with Crippen LogP contribution in [-0.4, -0.2) is 18.4 Å². The van der Waals surface area contributed by atoms with Gasteiger partial charge in [0.15, 0.2) is 0 Å². The number of carbonyl (C=O) groups excluding carboxylic acids is 2. The molecule has 0 aliphatic heterocycles. The van der Waals surface area contributed by atoms with Gasteiger partial charge >= 0.3 is 0 Å². The maximum Gasteiger partial charge on any atom is 0.236 e. The molecule has 1 aliphatic carbocycles. The van der Waals surface area contributed by atoms with Gasteiger partial charge < -0.3 is 11.1 Å². The first-order valence-corrected chi connectivity index (χ1v) is 5.73. The SMILES string of the molecule is NC(=O)CNC(=O)CCC1CCCCC1. The molecule has 15 heavy (non-hydrogen) atoms. The molecule has 2 amide bonds. The highest BCUT2D eigenvalue weighted by Crippen LogP contribution is 2.26. The molecular formula is C11H20N2O2. The van der Waals surface area contributed by atoms with Crippen LogP contribution in [0.25, 0.3) is 0 Å². The second kappa shape index (κ2) is 6.43. The molecule has 1 aliphatic rings. The number of nitrogens with two attached hydrogens (primary N) is 1. The fourth-order valence-electron chi connectivity index (χ4n) is 2.09. The van der Waals surface area contributed by atoms with Gasteiger partial charge in [0.25, 0.3) is 0 Å². The molecule has 0 spiro atoms. The highest BCUT2D eigenvalue weighted by atomic mass is 16.2. The van der Waals surface area contributed by atoms with E-state index in [1.807, 2.05) is 0 Å². The van der Waals surface area contributed by atoms with Crippen LogP contribution >= 0.6 is 0 Å². The number of hydrogen-bond donors (Lipinski definition) is 2. The van der Waals surface area contributed by atoms with E-state index in [4.69, 9.17) is 5.73 Å². The van der Waals surface area contributed by atoms with E-state index in [0.29, 0.717) is 12.3 Å². The number of carbonyl (C=O) groups is 2. The van der Waals surface area contributed by atoms with Crippen molar-refractivity contribution in [3.05, 3.63) is 0 Å². The Morgan fingerprint density at radius 2 is 1.87 bits per heavy atom. The average molecular weight is 212 g/mol. The Kier molecular flexibility index (Phi) is 5.15. The quantitative estimate of drug-likeness (QED) is 0.712. The van der Waals surface area contributed by atoms with E-state index in [9.17, 15) is 9.59 Å². The molecule has 3 N–H and O–H groups in total. The van der Waals surface area contributed by atoms with Gasteiger partial charge in [-0.25, -0.2) is 0 Å². The number of amides is 2. The Morgan fingerprint density at radius 3 is 2.47 bits per heavy atom. The summed E-state index contributed by atoms with van der Waals surface area (Å²) < 4.78 is 0. The van der Waals surface area contributed by atoms with Crippen LogP contribution in [0.5, 0.6) is 0 Å². The molecule has 1 rings (SSSR count). The van der Waals surface area contributed by atoms with Gasteiger partial charge in [-0.05, 0) is 12.3 Å². The van der Waals surface area contributed by atoms with Crippen molar-refractivity contribution in [3.8, 4) is 0 Å². The highest BCUT2D eigenvalue weighted by molar-refractivity contribution is 5.83. The predicted octanol–water partition coefficient (Wildman–Crippen LogP) is 0.948. The van der Waals surface area contributed by atoms with E-state index in [-0.39, 0.29) is 12.5 Å². The number of nitrogens with one attached hydrogen (secondary N) is 1. The molecule has 0 saturated heterocycles. The van der Waals surface area contributed by atoms with Gasteiger partial charge in [-0.3, -0.25) is 9.59 Å². The molecule has 0 aromatic heterocycles. The maximum atomic E-state index is 11.3. The van der Waals surface area contributed by atoms with E-state index in [2.05, 4.69) is 5.32 Å². The Balaban J connectivity index is 2.07. The number of hydrogen-bond acceptors (Lipinski definition) is 2. The minimum Gasteiger partial charge on any atom is -0.368 e. The lowest BCUT2D eigenvalue weighted by atomic mass is 9.86. The van der Waals surface area contributed by atoms with Crippen molar-refractivity contribution < 1.29 is 9.59 Å². The van der Waals surface area contributed by atoms with E-state index >= 15 is 0 Å². The number of primary amides is 1. The molecule has 0 aromatic rings. The monoisotopic (exact) mass is 212 g/mol. The predicted molar refractivity (Wildman–Crippen MR) is 58.0 cm³/mol. The third-order valence-electron chi connectivity index (χ3n) is 2.96. The van der Waals surface area contributed by atoms with Crippen molar-refractivity contribution in [1.82, 2.24) is 5.32 Å². The van der Waals surface area contributed by atoms with Crippen molar-refractivity contribution >= 4 is 11.8 Å². The lowest BCUT2D eigenvalue weighted by Crippen LogP contribution is -2.33. The second-order valence-corrected chi connectivity index (χ2v) is 4.29. The lowest BCUT2D eigenvalue weighted by Gasteiger charge is -2.20. The normalized spacial score (nSPS) is 17.3. The summed E-state index contributed by atoms with van der Waals surface area (Å²) in [7, 11) is 0. The molecule has 4 nitrogen and oxygen atoms in total. The van der Waals surface area contributed by atoms with E-state index in [0.717, 1.165) is 6.42 Å². The van der Waals surface area contributed by atoms with Crippen molar-refractivity contribution in [2.75, 3.05) is 6.54 Å². The van der Waals surface area contributed by atoms with Crippen LogP contribution in [0.2, 0.25) is 0 Å². The van der Waals surface area contributed by atoms with Crippen molar-refractivity contribution in [1.29, 1.82) is 0 Å². The van der Waals surface area contributed by atoms with Gasteiger partial charge in [-0.2, -0.15) is 0 Å². The Hall–Kier alpha value is -1.06. The van der Waals surface area contributed by atoms with Gasteiger partial charge in [-0.1, -0.05) is 32.1 Å².